The molecule has 0 atom stereocenters. The molecule has 96 valence electrons. The van der Waals surface area contributed by atoms with E-state index < -0.39 is 0 Å². The Balaban J connectivity index is 0.00000256. The molecule has 0 bridgehead atoms. The highest BCUT2D eigenvalue weighted by Gasteiger charge is 2.21. The van der Waals surface area contributed by atoms with E-state index in [1.807, 2.05) is 27.7 Å². The summed E-state index contributed by atoms with van der Waals surface area (Å²) in [6, 6.07) is 6.03. The van der Waals surface area contributed by atoms with Crippen molar-refractivity contribution in [2.24, 2.45) is 0 Å². The summed E-state index contributed by atoms with van der Waals surface area (Å²) in [7, 11) is 0. The maximum atomic E-state index is 13.0. The van der Waals surface area contributed by atoms with Gasteiger partial charge in [-0.05, 0) is 45.9 Å². The highest BCUT2D eigenvalue weighted by Crippen LogP contribution is 2.13. The molecule has 4 heteroatoms. The Morgan fingerprint density at radius 2 is 1.71 bits per heavy atom. The number of nitrogens with zero attached hydrogens (tertiary/aromatic N) is 1. The summed E-state index contributed by atoms with van der Waals surface area (Å²) in [5.74, 6) is -0.497. The highest BCUT2D eigenvalue weighted by atomic mass is 35.5. The Morgan fingerprint density at radius 1 is 1.18 bits per heavy atom. The minimum absolute atomic E-state index is 0. The second-order valence-electron chi connectivity index (χ2n) is 4.41. The second-order valence-corrected chi connectivity index (χ2v) is 4.41. The normalized spacial score (nSPS) is 10.3. The van der Waals surface area contributed by atoms with Crippen LogP contribution in [0.4, 0.5) is 4.39 Å². The Kier molecular flexibility index (Phi) is 6.18. The van der Waals surface area contributed by atoms with E-state index in [-0.39, 0.29) is 36.2 Å². The van der Waals surface area contributed by atoms with Crippen LogP contribution in [-0.2, 0) is 0 Å². The fraction of sp³-hybridized carbons (Fsp3) is 0.462. The first-order valence-electron chi connectivity index (χ1n) is 5.51. The third-order valence-electron chi connectivity index (χ3n) is 2.42. The number of amides is 1. The molecule has 0 aliphatic rings. The van der Waals surface area contributed by atoms with Crippen LogP contribution >= 0.6 is 12.4 Å². The molecule has 0 aromatic heterocycles. The topological polar surface area (TPSA) is 20.3 Å². The van der Waals surface area contributed by atoms with Crippen LogP contribution in [0.25, 0.3) is 0 Å². The molecule has 1 rings (SSSR count). The lowest BCUT2D eigenvalue weighted by Gasteiger charge is -2.30. The van der Waals surface area contributed by atoms with Crippen LogP contribution in [0.2, 0.25) is 0 Å². The van der Waals surface area contributed by atoms with Crippen molar-refractivity contribution in [2.75, 3.05) is 0 Å². The standard InChI is InChI=1S/C13H18FNO.ClH/c1-9(2)15(10(3)4)13(16)11-6-5-7-12(14)8-11;/h5-10H,1-4H3;1H. The molecule has 0 aliphatic heterocycles. The minimum Gasteiger partial charge on any atom is -0.334 e. The lowest BCUT2D eigenvalue weighted by Crippen LogP contribution is -2.42. The molecule has 0 fully saturated rings. The molecule has 0 saturated heterocycles. The summed E-state index contributed by atoms with van der Waals surface area (Å²) in [5.41, 5.74) is 0.405. The van der Waals surface area contributed by atoms with E-state index >= 15 is 0 Å². The van der Waals surface area contributed by atoms with Crippen molar-refractivity contribution in [3.63, 3.8) is 0 Å². The van der Waals surface area contributed by atoms with E-state index in [1.165, 1.54) is 12.1 Å². The van der Waals surface area contributed by atoms with Gasteiger partial charge < -0.3 is 4.90 Å². The third-order valence-corrected chi connectivity index (χ3v) is 2.42. The SMILES string of the molecule is CC(C)N(C(=O)c1cccc(F)c1)C(C)C.Cl. The molecule has 0 unspecified atom stereocenters. The van der Waals surface area contributed by atoms with Crippen molar-refractivity contribution < 1.29 is 9.18 Å². The zero-order valence-electron chi connectivity index (χ0n) is 10.6. The molecule has 0 radical (unpaired) electrons. The van der Waals surface area contributed by atoms with E-state index in [9.17, 15) is 9.18 Å². The van der Waals surface area contributed by atoms with Crippen LogP contribution in [-0.4, -0.2) is 22.9 Å². The number of carbonyl (C=O) groups excluding carboxylic acids is 1. The van der Waals surface area contributed by atoms with Gasteiger partial charge in [-0.15, -0.1) is 12.4 Å². The zero-order valence-corrected chi connectivity index (χ0v) is 11.4. The summed E-state index contributed by atoms with van der Waals surface area (Å²) in [6.07, 6.45) is 0. The number of hydrogen-bond acceptors (Lipinski definition) is 1. The highest BCUT2D eigenvalue weighted by molar-refractivity contribution is 5.94. The number of halogens is 2. The van der Waals surface area contributed by atoms with Crippen molar-refractivity contribution in [3.05, 3.63) is 35.6 Å². The molecule has 17 heavy (non-hydrogen) atoms. The molecule has 1 aromatic rings. The second kappa shape index (κ2) is 6.60. The van der Waals surface area contributed by atoms with Gasteiger partial charge >= 0.3 is 0 Å². The van der Waals surface area contributed by atoms with Crippen molar-refractivity contribution in [2.45, 2.75) is 39.8 Å². The van der Waals surface area contributed by atoms with Crippen molar-refractivity contribution in [3.8, 4) is 0 Å². The maximum Gasteiger partial charge on any atom is 0.254 e. The van der Waals surface area contributed by atoms with E-state index in [0.29, 0.717) is 5.56 Å². The van der Waals surface area contributed by atoms with Crippen molar-refractivity contribution in [1.82, 2.24) is 4.90 Å². The molecule has 0 N–H and O–H groups in total. The van der Waals surface area contributed by atoms with Crippen LogP contribution in [0, 0.1) is 5.82 Å². The van der Waals surface area contributed by atoms with Gasteiger partial charge in [0.15, 0.2) is 0 Å². The van der Waals surface area contributed by atoms with Gasteiger partial charge in [0.05, 0.1) is 0 Å². The van der Waals surface area contributed by atoms with Crippen molar-refractivity contribution >= 4 is 18.3 Å². The Bertz CT molecular complexity index is 371. The Morgan fingerprint density at radius 3 is 2.12 bits per heavy atom. The molecule has 0 saturated carbocycles. The number of rotatable bonds is 3. The van der Waals surface area contributed by atoms with Crippen LogP contribution in [0.5, 0.6) is 0 Å². The predicted octanol–water partition coefficient (Wildman–Crippen LogP) is 3.51. The van der Waals surface area contributed by atoms with Gasteiger partial charge in [0.1, 0.15) is 5.82 Å². The minimum atomic E-state index is -0.377. The lowest BCUT2D eigenvalue weighted by molar-refractivity contribution is 0.0643. The van der Waals surface area contributed by atoms with Crippen LogP contribution in [0.3, 0.4) is 0 Å². The molecule has 0 heterocycles. The van der Waals surface area contributed by atoms with Crippen molar-refractivity contribution in [1.29, 1.82) is 0 Å². The Labute approximate surface area is 108 Å². The zero-order chi connectivity index (χ0) is 12.3. The average molecular weight is 260 g/mol. The first kappa shape index (κ1) is 15.9. The largest absolute Gasteiger partial charge is 0.334 e. The summed E-state index contributed by atoms with van der Waals surface area (Å²) >= 11 is 0. The third kappa shape index (κ3) is 4.00. The van der Waals surface area contributed by atoms with Gasteiger partial charge in [0.25, 0.3) is 5.91 Å². The average Bonchev–Trinajstić information content (AvgIpc) is 2.16. The van der Waals surface area contributed by atoms with Gasteiger partial charge in [0.2, 0.25) is 0 Å². The van der Waals surface area contributed by atoms with E-state index in [0.717, 1.165) is 0 Å². The van der Waals surface area contributed by atoms with E-state index in [4.69, 9.17) is 0 Å². The molecular weight excluding hydrogens is 241 g/mol. The quantitative estimate of drug-likeness (QED) is 0.814. The fourth-order valence-electron chi connectivity index (χ4n) is 1.84. The fourth-order valence-corrected chi connectivity index (χ4v) is 1.84. The molecule has 1 amide bonds. The van der Waals surface area contributed by atoms with E-state index in [1.54, 1.807) is 17.0 Å². The summed E-state index contributed by atoms with van der Waals surface area (Å²) in [4.78, 5) is 13.9. The van der Waals surface area contributed by atoms with Crippen LogP contribution in [0.15, 0.2) is 24.3 Å². The smallest absolute Gasteiger partial charge is 0.254 e. The van der Waals surface area contributed by atoms with Crippen LogP contribution in [0.1, 0.15) is 38.1 Å². The van der Waals surface area contributed by atoms with Crippen LogP contribution < -0.4 is 0 Å². The number of benzene rings is 1. The number of carbonyl (C=O) groups is 1. The molecule has 0 aliphatic carbocycles. The van der Waals surface area contributed by atoms with Gasteiger partial charge in [-0.2, -0.15) is 0 Å². The van der Waals surface area contributed by atoms with Gasteiger partial charge in [-0.25, -0.2) is 4.39 Å². The summed E-state index contributed by atoms with van der Waals surface area (Å²) < 4.78 is 13.0. The molecule has 0 spiro atoms. The molecular formula is C13H19ClFNO. The first-order valence-corrected chi connectivity index (χ1v) is 5.51. The molecule has 2 nitrogen and oxygen atoms in total. The van der Waals surface area contributed by atoms with Gasteiger partial charge in [0, 0.05) is 17.6 Å². The summed E-state index contributed by atoms with van der Waals surface area (Å²) in [6.45, 7) is 7.82. The number of hydrogen-bond donors (Lipinski definition) is 0. The van der Waals surface area contributed by atoms with Gasteiger partial charge in [-0.1, -0.05) is 6.07 Å². The Hall–Kier alpha value is -1.09. The monoisotopic (exact) mass is 259 g/mol. The van der Waals surface area contributed by atoms with Gasteiger partial charge in [-0.3, -0.25) is 4.79 Å². The van der Waals surface area contributed by atoms with E-state index in [2.05, 4.69) is 0 Å². The first-order chi connectivity index (χ1) is 7.43. The molecule has 1 aromatic carbocycles. The maximum absolute atomic E-state index is 13.0. The predicted molar refractivity (Wildman–Crippen MR) is 70.1 cm³/mol. The lowest BCUT2D eigenvalue weighted by atomic mass is 10.1. The summed E-state index contributed by atoms with van der Waals surface area (Å²) in [5, 5.41) is 0.